The van der Waals surface area contributed by atoms with Crippen molar-refractivity contribution in [1.29, 1.82) is 5.26 Å². The van der Waals surface area contributed by atoms with E-state index >= 15 is 0 Å². The molecule has 0 atom stereocenters. The van der Waals surface area contributed by atoms with Crippen LogP contribution in [0, 0.1) is 18.3 Å². The van der Waals surface area contributed by atoms with Gasteiger partial charge in [0, 0.05) is 17.5 Å². The molecule has 5 heteroatoms. The zero-order valence-electron chi connectivity index (χ0n) is 10.1. The van der Waals surface area contributed by atoms with Crippen molar-refractivity contribution in [3.05, 3.63) is 44.9 Å². The molecular formula is C13H12ClN3S. The van der Waals surface area contributed by atoms with Crippen LogP contribution in [-0.4, -0.2) is 12.0 Å². The van der Waals surface area contributed by atoms with Crippen LogP contribution in [0.3, 0.4) is 0 Å². The van der Waals surface area contributed by atoms with Crippen LogP contribution < -0.4 is 4.90 Å². The van der Waals surface area contributed by atoms with Crippen molar-refractivity contribution in [2.45, 2.75) is 13.5 Å². The van der Waals surface area contributed by atoms with Gasteiger partial charge in [0.05, 0.1) is 28.5 Å². The summed E-state index contributed by atoms with van der Waals surface area (Å²) in [5, 5.41) is 12.8. The Balaban J connectivity index is 2.26. The number of aromatic nitrogens is 1. The monoisotopic (exact) mass is 277 g/mol. The molecule has 18 heavy (non-hydrogen) atoms. The molecule has 3 nitrogen and oxygen atoms in total. The number of benzene rings is 1. The van der Waals surface area contributed by atoms with E-state index in [2.05, 4.69) is 11.1 Å². The Kier molecular flexibility index (Phi) is 3.85. The van der Waals surface area contributed by atoms with Gasteiger partial charge in [0.1, 0.15) is 6.07 Å². The minimum absolute atomic E-state index is 0.619. The van der Waals surface area contributed by atoms with E-state index in [0.717, 1.165) is 16.4 Å². The number of hydrogen-bond acceptors (Lipinski definition) is 4. The van der Waals surface area contributed by atoms with Crippen LogP contribution in [0.2, 0.25) is 5.02 Å². The Bertz CT molecular complexity index is 601. The fourth-order valence-electron chi connectivity index (χ4n) is 1.72. The smallest absolute Gasteiger partial charge is 0.101 e. The van der Waals surface area contributed by atoms with E-state index in [-0.39, 0.29) is 0 Å². The van der Waals surface area contributed by atoms with Gasteiger partial charge in [-0.2, -0.15) is 5.26 Å². The maximum atomic E-state index is 9.10. The zero-order valence-corrected chi connectivity index (χ0v) is 11.7. The van der Waals surface area contributed by atoms with Crippen molar-refractivity contribution in [3.63, 3.8) is 0 Å². The van der Waals surface area contributed by atoms with E-state index in [0.29, 0.717) is 17.1 Å². The summed E-state index contributed by atoms with van der Waals surface area (Å²) in [6.45, 7) is 2.65. The van der Waals surface area contributed by atoms with Gasteiger partial charge in [-0.3, -0.25) is 0 Å². The van der Waals surface area contributed by atoms with Crippen molar-refractivity contribution in [3.8, 4) is 6.07 Å². The molecule has 0 aliphatic carbocycles. The second-order valence-electron chi connectivity index (χ2n) is 3.99. The van der Waals surface area contributed by atoms with E-state index in [9.17, 15) is 0 Å². The molecule has 0 spiro atoms. The molecule has 0 saturated carbocycles. The van der Waals surface area contributed by atoms with Crippen LogP contribution in [0.15, 0.2) is 23.6 Å². The van der Waals surface area contributed by atoms with E-state index in [1.807, 2.05) is 24.3 Å². The van der Waals surface area contributed by atoms with E-state index < -0.39 is 0 Å². The molecule has 0 aliphatic heterocycles. The highest BCUT2D eigenvalue weighted by atomic mass is 35.5. The normalized spacial score (nSPS) is 10.1. The molecule has 0 aliphatic rings. The van der Waals surface area contributed by atoms with Crippen LogP contribution in [-0.2, 0) is 6.54 Å². The van der Waals surface area contributed by atoms with E-state index in [1.165, 1.54) is 0 Å². The van der Waals surface area contributed by atoms with Crippen LogP contribution in [0.5, 0.6) is 0 Å². The molecule has 2 aromatic rings. The highest BCUT2D eigenvalue weighted by molar-refractivity contribution is 7.09. The van der Waals surface area contributed by atoms with Gasteiger partial charge in [-0.25, -0.2) is 4.98 Å². The fourth-order valence-corrected chi connectivity index (χ4v) is 2.49. The number of rotatable bonds is 3. The average Bonchev–Trinajstić information content (AvgIpc) is 2.74. The third-order valence-corrected chi connectivity index (χ3v) is 3.61. The number of nitrogens with zero attached hydrogens (tertiary/aromatic N) is 3. The number of aryl methyl sites for hydroxylation is 1. The summed E-state index contributed by atoms with van der Waals surface area (Å²) in [4.78, 5) is 6.40. The lowest BCUT2D eigenvalue weighted by molar-refractivity contribution is 0.888. The summed E-state index contributed by atoms with van der Waals surface area (Å²) in [7, 11) is 1.93. The van der Waals surface area contributed by atoms with Crippen LogP contribution in [0.25, 0.3) is 0 Å². The molecule has 1 heterocycles. The predicted molar refractivity (Wildman–Crippen MR) is 75.1 cm³/mol. The SMILES string of the molecule is Cc1nc(CN(C)c2cc(Cl)ccc2C#N)cs1. The minimum atomic E-state index is 0.619. The Hall–Kier alpha value is -1.57. The third-order valence-electron chi connectivity index (χ3n) is 2.56. The second-order valence-corrected chi connectivity index (χ2v) is 5.49. The third kappa shape index (κ3) is 2.81. The molecule has 0 amide bonds. The van der Waals surface area contributed by atoms with Crippen molar-refractivity contribution < 1.29 is 0 Å². The van der Waals surface area contributed by atoms with E-state index in [1.54, 1.807) is 29.5 Å². The van der Waals surface area contributed by atoms with Crippen LogP contribution in [0.1, 0.15) is 16.3 Å². The van der Waals surface area contributed by atoms with Crippen molar-refractivity contribution in [1.82, 2.24) is 4.98 Å². The Morgan fingerprint density at radius 1 is 1.50 bits per heavy atom. The number of hydrogen-bond donors (Lipinski definition) is 0. The van der Waals surface area contributed by atoms with Gasteiger partial charge in [0.15, 0.2) is 0 Å². The second kappa shape index (κ2) is 5.38. The summed E-state index contributed by atoms with van der Waals surface area (Å²) in [5.41, 5.74) is 2.45. The number of nitriles is 1. The van der Waals surface area contributed by atoms with Crippen molar-refractivity contribution in [2.75, 3.05) is 11.9 Å². The Morgan fingerprint density at radius 3 is 2.89 bits per heavy atom. The molecular weight excluding hydrogens is 266 g/mol. The first-order valence-corrected chi connectivity index (χ1v) is 6.67. The quantitative estimate of drug-likeness (QED) is 0.860. The fraction of sp³-hybridized carbons (Fsp3) is 0.231. The molecule has 0 bridgehead atoms. The van der Waals surface area contributed by atoms with Gasteiger partial charge < -0.3 is 4.90 Å². The molecule has 0 saturated heterocycles. The molecule has 0 unspecified atom stereocenters. The van der Waals surface area contributed by atoms with Crippen LogP contribution in [0.4, 0.5) is 5.69 Å². The maximum absolute atomic E-state index is 9.10. The number of anilines is 1. The minimum Gasteiger partial charge on any atom is -0.368 e. The molecule has 92 valence electrons. The van der Waals surface area contributed by atoms with Gasteiger partial charge in [0.2, 0.25) is 0 Å². The number of halogens is 1. The predicted octanol–water partition coefficient (Wildman–Crippen LogP) is 3.61. The first-order chi connectivity index (χ1) is 8.60. The molecule has 0 N–H and O–H groups in total. The lowest BCUT2D eigenvalue weighted by Gasteiger charge is -2.19. The van der Waals surface area contributed by atoms with Crippen LogP contribution >= 0.6 is 22.9 Å². The zero-order chi connectivity index (χ0) is 13.1. The summed E-state index contributed by atoms with van der Waals surface area (Å²) < 4.78 is 0. The van der Waals surface area contributed by atoms with Gasteiger partial charge >= 0.3 is 0 Å². The maximum Gasteiger partial charge on any atom is 0.101 e. The summed E-state index contributed by atoms with van der Waals surface area (Å²) in [6.07, 6.45) is 0. The van der Waals surface area contributed by atoms with Crippen molar-refractivity contribution in [2.24, 2.45) is 0 Å². The van der Waals surface area contributed by atoms with Gasteiger partial charge in [-0.15, -0.1) is 11.3 Å². The highest BCUT2D eigenvalue weighted by Crippen LogP contribution is 2.25. The largest absolute Gasteiger partial charge is 0.368 e. The molecule has 1 aromatic carbocycles. The Morgan fingerprint density at radius 2 is 2.28 bits per heavy atom. The summed E-state index contributed by atoms with van der Waals surface area (Å²) in [6, 6.07) is 7.44. The van der Waals surface area contributed by atoms with Gasteiger partial charge in [-0.05, 0) is 25.1 Å². The first-order valence-electron chi connectivity index (χ1n) is 5.42. The molecule has 0 fully saturated rings. The highest BCUT2D eigenvalue weighted by Gasteiger charge is 2.10. The standard InChI is InChI=1S/C13H12ClN3S/c1-9-16-12(8-18-9)7-17(2)13-5-11(14)4-3-10(13)6-15/h3-5,8H,7H2,1-2H3. The van der Waals surface area contributed by atoms with Gasteiger partial charge in [0.25, 0.3) is 0 Å². The lowest BCUT2D eigenvalue weighted by atomic mass is 10.2. The molecule has 2 rings (SSSR count). The number of thiazole rings is 1. The molecule has 1 aromatic heterocycles. The summed E-state index contributed by atoms with van der Waals surface area (Å²) in [5.74, 6) is 0. The van der Waals surface area contributed by atoms with E-state index in [4.69, 9.17) is 16.9 Å². The Labute approximate surface area is 115 Å². The lowest BCUT2D eigenvalue weighted by Crippen LogP contribution is -2.17. The van der Waals surface area contributed by atoms with Gasteiger partial charge in [-0.1, -0.05) is 11.6 Å². The first kappa shape index (κ1) is 12.9. The average molecular weight is 278 g/mol. The summed E-state index contributed by atoms with van der Waals surface area (Å²) >= 11 is 7.60. The topological polar surface area (TPSA) is 39.9 Å². The molecule has 0 radical (unpaired) electrons. The van der Waals surface area contributed by atoms with Crippen molar-refractivity contribution >= 4 is 28.6 Å².